The molecule has 0 radical (unpaired) electrons. The average Bonchev–Trinajstić information content (AvgIpc) is 2.72. The molecule has 7 nitrogen and oxygen atoms in total. The number of nitrogens with zero attached hydrogens (tertiary/aromatic N) is 4. The van der Waals surface area contributed by atoms with Gasteiger partial charge in [-0.1, -0.05) is 30.2 Å². The van der Waals surface area contributed by atoms with Gasteiger partial charge in [0.25, 0.3) is 5.69 Å². The summed E-state index contributed by atoms with van der Waals surface area (Å²) in [7, 11) is 0. The highest BCUT2D eigenvalue weighted by Crippen LogP contribution is 2.27. The quantitative estimate of drug-likeness (QED) is 0.685. The molecule has 0 spiro atoms. The van der Waals surface area contributed by atoms with Crippen molar-refractivity contribution in [3.05, 3.63) is 39.0 Å². The highest BCUT2D eigenvalue weighted by atomic mass is 35.5. The van der Waals surface area contributed by atoms with Crippen LogP contribution in [0.1, 0.15) is 19.0 Å². The molecule has 0 aliphatic rings. The lowest BCUT2D eigenvalue weighted by atomic mass is 10.2. The van der Waals surface area contributed by atoms with Crippen LogP contribution in [-0.2, 0) is 6.42 Å². The number of benzene rings is 1. The van der Waals surface area contributed by atoms with E-state index in [0.717, 1.165) is 12.1 Å². The molecule has 2 N–H and O–H groups in total. The van der Waals surface area contributed by atoms with E-state index >= 15 is 0 Å². The van der Waals surface area contributed by atoms with Crippen molar-refractivity contribution in [3.63, 3.8) is 0 Å². The molecule has 19 heavy (non-hydrogen) atoms. The molecular formula is C11H12ClN5O2. The minimum absolute atomic E-state index is 0.0705. The molecular weight excluding hydrogens is 270 g/mol. The Kier molecular flexibility index (Phi) is 3.66. The number of halogens is 1. The molecule has 1 aromatic carbocycles. The van der Waals surface area contributed by atoms with Crippen molar-refractivity contribution in [1.29, 1.82) is 0 Å². The summed E-state index contributed by atoms with van der Waals surface area (Å²) < 4.78 is 1.52. The monoisotopic (exact) mass is 281 g/mol. The van der Waals surface area contributed by atoms with Gasteiger partial charge in [-0.3, -0.25) is 10.1 Å². The first-order valence-electron chi connectivity index (χ1n) is 5.69. The van der Waals surface area contributed by atoms with E-state index in [1.54, 1.807) is 0 Å². The number of nitro groups is 1. The molecule has 100 valence electrons. The molecule has 0 saturated heterocycles. The number of hydrogen-bond acceptors (Lipinski definition) is 5. The number of nitrogen functional groups attached to an aromatic ring is 1. The third kappa shape index (κ3) is 2.50. The number of anilines is 1. The van der Waals surface area contributed by atoms with Gasteiger partial charge in [0.2, 0.25) is 0 Å². The summed E-state index contributed by atoms with van der Waals surface area (Å²) in [4.78, 5) is 10.2. The zero-order valence-corrected chi connectivity index (χ0v) is 11.0. The first kappa shape index (κ1) is 13.3. The van der Waals surface area contributed by atoms with Gasteiger partial charge in [-0.2, -0.15) is 0 Å². The third-order valence-electron chi connectivity index (χ3n) is 2.65. The first-order chi connectivity index (χ1) is 9.04. The predicted octanol–water partition coefficient (Wildman–Crippen LogP) is 2.36. The van der Waals surface area contributed by atoms with E-state index in [9.17, 15) is 10.1 Å². The fourth-order valence-electron chi connectivity index (χ4n) is 1.76. The van der Waals surface area contributed by atoms with E-state index < -0.39 is 4.92 Å². The van der Waals surface area contributed by atoms with Crippen molar-refractivity contribution >= 4 is 23.1 Å². The number of hydrogen-bond donors (Lipinski definition) is 1. The van der Waals surface area contributed by atoms with Crippen molar-refractivity contribution in [2.24, 2.45) is 0 Å². The molecule has 2 rings (SSSR count). The lowest BCUT2D eigenvalue weighted by molar-refractivity contribution is -0.384. The van der Waals surface area contributed by atoms with Crippen LogP contribution in [0.3, 0.4) is 0 Å². The molecule has 0 fully saturated rings. The zero-order chi connectivity index (χ0) is 14.0. The minimum atomic E-state index is -0.502. The number of rotatable bonds is 4. The molecule has 0 unspecified atom stereocenters. The van der Waals surface area contributed by atoms with E-state index in [4.69, 9.17) is 17.3 Å². The summed E-state index contributed by atoms with van der Waals surface area (Å²) in [6, 6.07) is 4.19. The second-order valence-corrected chi connectivity index (χ2v) is 4.38. The Morgan fingerprint density at radius 3 is 2.84 bits per heavy atom. The maximum absolute atomic E-state index is 10.7. The number of nitro benzene ring substituents is 1. The molecule has 0 aliphatic heterocycles. The van der Waals surface area contributed by atoms with Crippen LogP contribution in [0.15, 0.2) is 18.2 Å². The van der Waals surface area contributed by atoms with Gasteiger partial charge in [0.15, 0.2) is 5.82 Å². The second kappa shape index (κ2) is 5.23. The smallest absolute Gasteiger partial charge is 0.271 e. The summed E-state index contributed by atoms with van der Waals surface area (Å²) in [6.45, 7) is 2.01. The van der Waals surface area contributed by atoms with Gasteiger partial charge in [0.05, 0.1) is 21.3 Å². The highest BCUT2D eigenvalue weighted by Gasteiger charge is 2.16. The van der Waals surface area contributed by atoms with Gasteiger partial charge >= 0.3 is 0 Å². The third-order valence-corrected chi connectivity index (χ3v) is 2.95. The van der Waals surface area contributed by atoms with Crippen LogP contribution in [0.5, 0.6) is 0 Å². The van der Waals surface area contributed by atoms with Crippen molar-refractivity contribution in [1.82, 2.24) is 15.0 Å². The first-order valence-corrected chi connectivity index (χ1v) is 6.06. The van der Waals surface area contributed by atoms with Crippen LogP contribution in [-0.4, -0.2) is 19.9 Å². The Labute approximate surface area is 114 Å². The Balaban J connectivity index is 2.50. The predicted molar refractivity (Wildman–Crippen MR) is 71.4 cm³/mol. The molecule has 0 amide bonds. The van der Waals surface area contributed by atoms with Crippen molar-refractivity contribution in [2.75, 3.05) is 5.73 Å². The minimum Gasteiger partial charge on any atom is -0.381 e. The maximum atomic E-state index is 10.7. The SMILES string of the molecule is CCCc1c(N)nnn1-c1ccc([N+](=O)[O-])cc1Cl. The fraction of sp³-hybridized carbons (Fsp3) is 0.273. The molecule has 1 heterocycles. The zero-order valence-electron chi connectivity index (χ0n) is 10.2. The topological polar surface area (TPSA) is 99.9 Å². The Bertz CT molecular complexity index is 626. The van der Waals surface area contributed by atoms with Gasteiger partial charge in [0.1, 0.15) is 0 Å². The van der Waals surface area contributed by atoms with Crippen LogP contribution >= 0.6 is 11.6 Å². The average molecular weight is 282 g/mol. The normalized spacial score (nSPS) is 10.6. The highest BCUT2D eigenvalue weighted by molar-refractivity contribution is 6.32. The molecule has 8 heteroatoms. The number of non-ortho nitro benzene ring substituents is 1. The van der Waals surface area contributed by atoms with Crippen LogP contribution in [0.2, 0.25) is 5.02 Å². The second-order valence-electron chi connectivity index (χ2n) is 3.98. The summed E-state index contributed by atoms with van der Waals surface area (Å²) in [5.41, 5.74) is 6.95. The lowest BCUT2D eigenvalue weighted by Crippen LogP contribution is -2.04. The molecule has 0 atom stereocenters. The Hall–Kier alpha value is -2.15. The number of aromatic nitrogens is 3. The molecule has 2 aromatic rings. The molecule has 0 bridgehead atoms. The van der Waals surface area contributed by atoms with E-state index in [2.05, 4.69) is 10.3 Å². The molecule has 0 aliphatic carbocycles. The fourth-order valence-corrected chi connectivity index (χ4v) is 2.01. The van der Waals surface area contributed by atoms with Crippen LogP contribution in [0, 0.1) is 10.1 Å². The molecule has 0 saturated carbocycles. The van der Waals surface area contributed by atoms with Gasteiger partial charge in [-0.25, -0.2) is 4.68 Å². The Morgan fingerprint density at radius 1 is 1.53 bits per heavy atom. The summed E-state index contributed by atoms with van der Waals surface area (Å²) in [6.07, 6.45) is 1.58. The van der Waals surface area contributed by atoms with Crippen molar-refractivity contribution < 1.29 is 4.92 Å². The van der Waals surface area contributed by atoms with E-state index in [1.165, 1.54) is 22.9 Å². The largest absolute Gasteiger partial charge is 0.381 e. The van der Waals surface area contributed by atoms with Gasteiger partial charge < -0.3 is 5.73 Å². The lowest BCUT2D eigenvalue weighted by Gasteiger charge is -2.07. The van der Waals surface area contributed by atoms with Crippen molar-refractivity contribution in [3.8, 4) is 5.69 Å². The van der Waals surface area contributed by atoms with E-state index in [0.29, 0.717) is 17.9 Å². The van der Waals surface area contributed by atoms with E-state index in [-0.39, 0.29) is 10.7 Å². The standard InChI is InChI=1S/C11H12ClN5O2/c1-2-3-10-11(13)14-15-16(10)9-5-4-7(17(18)19)6-8(9)12/h4-6H,2-3,13H2,1H3. The van der Waals surface area contributed by atoms with Crippen LogP contribution < -0.4 is 5.73 Å². The van der Waals surface area contributed by atoms with Crippen molar-refractivity contribution in [2.45, 2.75) is 19.8 Å². The summed E-state index contributed by atoms with van der Waals surface area (Å²) in [5.74, 6) is 0.344. The van der Waals surface area contributed by atoms with Gasteiger partial charge in [-0.05, 0) is 12.5 Å². The Morgan fingerprint density at radius 2 is 2.26 bits per heavy atom. The van der Waals surface area contributed by atoms with Crippen LogP contribution in [0.25, 0.3) is 5.69 Å². The molecule has 1 aromatic heterocycles. The van der Waals surface area contributed by atoms with Gasteiger partial charge in [-0.15, -0.1) is 5.10 Å². The van der Waals surface area contributed by atoms with E-state index in [1.807, 2.05) is 6.92 Å². The van der Waals surface area contributed by atoms with Gasteiger partial charge in [0, 0.05) is 12.1 Å². The summed E-state index contributed by atoms with van der Waals surface area (Å²) >= 11 is 6.06. The summed E-state index contributed by atoms with van der Waals surface area (Å²) in [5, 5.41) is 18.6. The number of nitrogens with two attached hydrogens (primary N) is 1. The van der Waals surface area contributed by atoms with Crippen LogP contribution in [0.4, 0.5) is 11.5 Å². The maximum Gasteiger partial charge on any atom is 0.271 e.